The Morgan fingerprint density at radius 1 is 1.38 bits per heavy atom. The van der Waals surface area contributed by atoms with Crippen molar-refractivity contribution in [3.63, 3.8) is 0 Å². The number of hydrogen-bond acceptors (Lipinski definition) is 5. The van der Waals surface area contributed by atoms with Crippen molar-refractivity contribution in [2.75, 3.05) is 26.7 Å². The van der Waals surface area contributed by atoms with Crippen LogP contribution in [0.3, 0.4) is 0 Å². The Bertz CT molecular complexity index is 206. The first-order chi connectivity index (χ1) is 7.45. The topological polar surface area (TPSA) is 93.2 Å². The van der Waals surface area contributed by atoms with Crippen molar-refractivity contribution in [2.45, 2.75) is 38.3 Å². The molecule has 0 aromatic carbocycles. The van der Waals surface area contributed by atoms with Crippen molar-refractivity contribution in [2.24, 2.45) is 11.5 Å². The van der Waals surface area contributed by atoms with Gasteiger partial charge in [-0.05, 0) is 40.3 Å². The summed E-state index contributed by atoms with van der Waals surface area (Å²) in [4.78, 5) is 12.0. The van der Waals surface area contributed by atoms with Crippen molar-refractivity contribution in [1.29, 1.82) is 0 Å². The number of nitrogens with two attached hydrogens (primary N) is 2. The Balaban J connectivity index is 4.10. The van der Waals surface area contributed by atoms with Crippen LogP contribution in [0.2, 0.25) is 0 Å². The van der Waals surface area contributed by atoms with Gasteiger partial charge in [-0.2, -0.15) is 0 Å². The summed E-state index contributed by atoms with van der Waals surface area (Å²) < 4.78 is 0. The van der Waals surface area contributed by atoms with Crippen LogP contribution in [0.1, 0.15) is 26.7 Å². The molecule has 0 aliphatic heterocycles. The van der Waals surface area contributed by atoms with Gasteiger partial charge >= 0.3 is 0 Å². The lowest BCUT2D eigenvalue weighted by Crippen LogP contribution is -2.54. The van der Waals surface area contributed by atoms with Crippen LogP contribution >= 0.6 is 0 Å². The first kappa shape index (κ1) is 15.5. The zero-order valence-corrected chi connectivity index (χ0v) is 10.7. The summed E-state index contributed by atoms with van der Waals surface area (Å²) in [6.45, 7) is 5.89. The molecule has 0 bridgehead atoms. The molecule has 0 heterocycles. The molecule has 0 saturated carbocycles. The third-order valence-electron chi connectivity index (χ3n) is 2.61. The van der Waals surface area contributed by atoms with E-state index in [4.69, 9.17) is 11.5 Å². The monoisotopic (exact) mass is 230 g/mol. The Kier molecular flexibility index (Phi) is 7.49. The number of carbonyl (C=O) groups is 1. The highest BCUT2D eigenvalue weighted by Crippen LogP contribution is 2.08. The fourth-order valence-electron chi connectivity index (χ4n) is 1.52. The molecule has 96 valence electrons. The molecule has 0 rings (SSSR count). The summed E-state index contributed by atoms with van der Waals surface area (Å²) in [6.07, 6.45) is 1.45. The molecule has 5 heteroatoms. The molecule has 16 heavy (non-hydrogen) atoms. The summed E-state index contributed by atoms with van der Waals surface area (Å²) in [5, 5.41) is 6.21. The molecule has 0 aliphatic rings. The second-order valence-corrected chi connectivity index (χ2v) is 4.56. The van der Waals surface area contributed by atoms with E-state index in [2.05, 4.69) is 10.6 Å². The minimum Gasteiger partial charge on any atom is -0.330 e. The Hall–Kier alpha value is -0.490. The number of hydrogen-bond donors (Lipinski definition) is 4. The predicted octanol–water partition coefficient (Wildman–Crippen LogP) is -0.791. The minimum atomic E-state index is -0.565. The molecule has 0 amide bonds. The summed E-state index contributed by atoms with van der Waals surface area (Å²) >= 11 is 0. The quantitative estimate of drug-likeness (QED) is 0.390. The molecular weight excluding hydrogens is 204 g/mol. The second kappa shape index (κ2) is 7.73. The van der Waals surface area contributed by atoms with E-state index in [1.807, 2.05) is 20.9 Å². The van der Waals surface area contributed by atoms with Crippen molar-refractivity contribution < 1.29 is 4.79 Å². The van der Waals surface area contributed by atoms with Crippen molar-refractivity contribution >= 4 is 5.78 Å². The molecule has 0 saturated heterocycles. The Morgan fingerprint density at radius 2 is 2.00 bits per heavy atom. The van der Waals surface area contributed by atoms with Gasteiger partial charge in [-0.1, -0.05) is 0 Å². The second-order valence-electron chi connectivity index (χ2n) is 4.56. The van der Waals surface area contributed by atoms with Crippen molar-refractivity contribution in [1.82, 2.24) is 10.6 Å². The van der Waals surface area contributed by atoms with Gasteiger partial charge in [0.05, 0.1) is 11.6 Å². The van der Waals surface area contributed by atoms with Crippen molar-refractivity contribution in [3.8, 4) is 0 Å². The van der Waals surface area contributed by atoms with Gasteiger partial charge in [-0.3, -0.25) is 4.79 Å². The molecule has 0 aromatic rings. The Labute approximate surface area is 98.3 Å². The van der Waals surface area contributed by atoms with Crippen LogP contribution in [-0.2, 0) is 4.79 Å². The van der Waals surface area contributed by atoms with Crippen LogP contribution in [0.5, 0.6) is 0 Å². The van der Waals surface area contributed by atoms with Crippen LogP contribution in [0.15, 0.2) is 0 Å². The fraction of sp³-hybridized carbons (Fsp3) is 0.909. The minimum absolute atomic E-state index is 0.0528. The number of Topliss-reactive ketones (excluding diaryl/α,β-unsaturated/α-hetero) is 1. The van der Waals surface area contributed by atoms with Gasteiger partial charge in [0.25, 0.3) is 0 Å². The highest BCUT2D eigenvalue weighted by Gasteiger charge is 2.30. The zero-order valence-electron chi connectivity index (χ0n) is 10.7. The molecule has 1 unspecified atom stereocenters. The van der Waals surface area contributed by atoms with E-state index in [-0.39, 0.29) is 5.78 Å². The molecular formula is C11H26N4O. The smallest absolute Gasteiger partial charge is 0.168 e. The van der Waals surface area contributed by atoms with Gasteiger partial charge < -0.3 is 22.1 Å². The lowest BCUT2D eigenvalue weighted by Gasteiger charge is -2.27. The summed E-state index contributed by atoms with van der Waals surface area (Å²) in [6, 6.07) is -0.416. The third kappa shape index (κ3) is 5.55. The number of ketones is 1. The normalized spacial score (nSPS) is 13.8. The summed E-state index contributed by atoms with van der Waals surface area (Å²) in [7, 11) is 1.88. The first-order valence-electron chi connectivity index (χ1n) is 5.85. The van der Waals surface area contributed by atoms with E-state index >= 15 is 0 Å². The van der Waals surface area contributed by atoms with E-state index in [9.17, 15) is 4.79 Å². The van der Waals surface area contributed by atoms with Gasteiger partial charge in [0, 0.05) is 13.1 Å². The van der Waals surface area contributed by atoms with E-state index in [1.54, 1.807) is 0 Å². The average molecular weight is 230 g/mol. The standard InChI is InChI=1S/C11H26N4O/c1-11(2,15-8-7-14-3)10(16)9(13)5-4-6-12/h9,14-15H,4-8,12-13H2,1-3H3. The maximum atomic E-state index is 12.0. The SMILES string of the molecule is CNCCNC(C)(C)C(=O)C(N)CCCN. The number of nitrogens with one attached hydrogen (secondary N) is 2. The van der Waals surface area contributed by atoms with E-state index < -0.39 is 11.6 Å². The molecule has 6 N–H and O–H groups in total. The van der Waals surface area contributed by atoms with Gasteiger partial charge in [-0.15, -0.1) is 0 Å². The van der Waals surface area contributed by atoms with Crippen LogP contribution in [-0.4, -0.2) is 44.0 Å². The van der Waals surface area contributed by atoms with Gasteiger partial charge in [0.15, 0.2) is 5.78 Å². The van der Waals surface area contributed by atoms with Crippen LogP contribution in [0, 0.1) is 0 Å². The molecule has 0 radical (unpaired) electrons. The number of carbonyl (C=O) groups excluding carboxylic acids is 1. The summed E-state index contributed by atoms with van der Waals surface area (Å²) in [5.41, 5.74) is 10.7. The highest BCUT2D eigenvalue weighted by atomic mass is 16.1. The number of rotatable bonds is 9. The van der Waals surface area contributed by atoms with E-state index in [0.29, 0.717) is 13.0 Å². The Morgan fingerprint density at radius 3 is 2.50 bits per heavy atom. The maximum absolute atomic E-state index is 12.0. The molecule has 0 aromatic heterocycles. The van der Waals surface area contributed by atoms with Gasteiger partial charge in [0.2, 0.25) is 0 Å². The molecule has 1 atom stereocenters. The first-order valence-corrected chi connectivity index (χ1v) is 5.85. The summed E-state index contributed by atoms with van der Waals surface area (Å²) in [5.74, 6) is 0.0528. The third-order valence-corrected chi connectivity index (χ3v) is 2.61. The van der Waals surface area contributed by atoms with Gasteiger partial charge in [-0.25, -0.2) is 0 Å². The number of likely N-dealkylation sites (N-methyl/N-ethyl adjacent to an activating group) is 1. The van der Waals surface area contributed by atoms with Crippen LogP contribution in [0.25, 0.3) is 0 Å². The van der Waals surface area contributed by atoms with Crippen LogP contribution in [0.4, 0.5) is 0 Å². The molecule has 0 aliphatic carbocycles. The molecule has 0 spiro atoms. The lowest BCUT2D eigenvalue weighted by molar-refractivity contribution is -0.125. The average Bonchev–Trinajstić information content (AvgIpc) is 2.25. The molecule has 0 fully saturated rings. The van der Waals surface area contributed by atoms with E-state index in [0.717, 1.165) is 19.5 Å². The zero-order chi connectivity index (χ0) is 12.6. The van der Waals surface area contributed by atoms with Gasteiger partial charge in [0.1, 0.15) is 0 Å². The highest BCUT2D eigenvalue weighted by molar-refractivity contribution is 5.92. The lowest BCUT2D eigenvalue weighted by atomic mass is 9.91. The molecule has 5 nitrogen and oxygen atoms in total. The fourth-order valence-corrected chi connectivity index (χ4v) is 1.52. The predicted molar refractivity (Wildman–Crippen MR) is 67.3 cm³/mol. The largest absolute Gasteiger partial charge is 0.330 e. The maximum Gasteiger partial charge on any atom is 0.168 e. The van der Waals surface area contributed by atoms with Crippen molar-refractivity contribution in [3.05, 3.63) is 0 Å². The van der Waals surface area contributed by atoms with E-state index in [1.165, 1.54) is 0 Å². The van der Waals surface area contributed by atoms with Crippen LogP contribution < -0.4 is 22.1 Å².